The van der Waals surface area contributed by atoms with E-state index in [1.807, 2.05) is 0 Å². The lowest BCUT2D eigenvalue weighted by Crippen LogP contribution is -2.24. The molecule has 2 aliphatic rings. The van der Waals surface area contributed by atoms with Crippen LogP contribution in [0.1, 0.15) is 0 Å². The van der Waals surface area contributed by atoms with Crippen LogP contribution in [-0.4, -0.2) is 28.5 Å². The van der Waals surface area contributed by atoms with Crippen molar-refractivity contribution < 1.29 is 20.1 Å². The van der Waals surface area contributed by atoms with Gasteiger partial charge in [0.15, 0.2) is 5.76 Å². The highest BCUT2D eigenvalue weighted by Gasteiger charge is 2.41. The van der Waals surface area contributed by atoms with Crippen LogP contribution >= 0.6 is 0 Å². The highest BCUT2D eigenvalue weighted by Crippen LogP contribution is 2.39. The Kier molecular flexibility index (Phi) is 2.18. The number of hydrogen-bond donors (Lipinski definition) is 3. The van der Waals surface area contributed by atoms with E-state index in [1.165, 1.54) is 0 Å². The number of nitrogens with zero attached hydrogens (tertiary/aromatic N) is 3. The Labute approximate surface area is 84.5 Å². The number of aliphatic hydroxyl groups excluding tert-OH is 3. The first-order valence-electron chi connectivity index (χ1n) is 4.35. The van der Waals surface area contributed by atoms with Gasteiger partial charge >= 0.3 is 0 Å². The van der Waals surface area contributed by atoms with Crippen molar-refractivity contribution in [3.05, 3.63) is 33.4 Å². The summed E-state index contributed by atoms with van der Waals surface area (Å²) in [7, 11) is 0. The molecule has 1 saturated heterocycles. The lowest BCUT2D eigenvalue weighted by molar-refractivity contribution is 0.176. The Bertz CT molecular complexity index is 408. The molecule has 0 radical (unpaired) electrons. The van der Waals surface area contributed by atoms with Crippen LogP contribution in [-0.2, 0) is 4.74 Å². The predicted molar refractivity (Wildman–Crippen MR) is 48.9 cm³/mol. The number of azide groups is 1. The van der Waals surface area contributed by atoms with Crippen LogP contribution in [0.2, 0.25) is 0 Å². The van der Waals surface area contributed by atoms with E-state index in [4.69, 9.17) is 10.3 Å². The highest BCUT2D eigenvalue weighted by atomic mass is 16.5. The van der Waals surface area contributed by atoms with Gasteiger partial charge in [-0.3, -0.25) is 0 Å². The number of rotatable bonds is 1. The molecule has 1 heterocycles. The lowest BCUT2D eigenvalue weighted by atomic mass is 9.86. The Morgan fingerprint density at radius 2 is 1.80 bits per heavy atom. The second-order valence-corrected chi connectivity index (χ2v) is 3.41. The average molecular weight is 211 g/mol. The normalized spacial score (nSPS) is 30.1. The van der Waals surface area contributed by atoms with Crippen LogP contribution in [0, 0.1) is 11.8 Å². The second-order valence-electron chi connectivity index (χ2n) is 3.41. The van der Waals surface area contributed by atoms with E-state index in [0.717, 1.165) is 0 Å². The number of fused-ring (bicyclic) bond motifs is 1. The van der Waals surface area contributed by atoms with Crippen molar-refractivity contribution in [2.75, 3.05) is 13.2 Å². The summed E-state index contributed by atoms with van der Waals surface area (Å²) < 4.78 is 5.07. The summed E-state index contributed by atoms with van der Waals surface area (Å²) >= 11 is 0. The second kappa shape index (κ2) is 3.38. The molecule has 1 aliphatic carbocycles. The van der Waals surface area contributed by atoms with Crippen LogP contribution in [0.4, 0.5) is 0 Å². The van der Waals surface area contributed by atoms with Gasteiger partial charge in [0.2, 0.25) is 0 Å². The quantitative estimate of drug-likeness (QED) is 0.347. The molecule has 0 unspecified atom stereocenters. The summed E-state index contributed by atoms with van der Waals surface area (Å²) in [6, 6.07) is 0. The minimum Gasteiger partial charge on any atom is -0.511 e. The zero-order chi connectivity index (χ0) is 11.0. The Balaban J connectivity index is 2.52. The van der Waals surface area contributed by atoms with Gasteiger partial charge in [0, 0.05) is 4.91 Å². The van der Waals surface area contributed by atoms with E-state index >= 15 is 0 Å². The Morgan fingerprint density at radius 1 is 1.20 bits per heavy atom. The average Bonchev–Trinajstić information content (AvgIpc) is 2.70. The molecular formula is C8H9N3O4. The van der Waals surface area contributed by atoms with Crippen LogP contribution in [0.15, 0.2) is 28.1 Å². The molecule has 15 heavy (non-hydrogen) atoms. The van der Waals surface area contributed by atoms with Gasteiger partial charge in [0.05, 0.1) is 25.0 Å². The van der Waals surface area contributed by atoms with Crippen molar-refractivity contribution in [1.29, 1.82) is 0 Å². The molecule has 0 spiro atoms. The highest BCUT2D eigenvalue weighted by molar-refractivity contribution is 5.36. The topological polar surface area (TPSA) is 119 Å². The SMILES string of the molecule is [N-]=[N+]=NC1=C(O)[C@H]2COC[C@H]2C(O)=C1O. The molecule has 0 aromatic heterocycles. The largest absolute Gasteiger partial charge is 0.511 e. The molecule has 2 rings (SSSR count). The summed E-state index contributed by atoms with van der Waals surface area (Å²) in [6.07, 6.45) is 0. The minimum absolute atomic E-state index is 0.230. The molecular weight excluding hydrogens is 202 g/mol. The van der Waals surface area contributed by atoms with Gasteiger partial charge in [-0.1, -0.05) is 5.11 Å². The fraction of sp³-hybridized carbons (Fsp3) is 0.500. The van der Waals surface area contributed by atoms with Crippen molar-refractivity contribution in [1.82, 2.24) is 0 Å². The summed E-state index contributed by atoms with van der Waals surface area (Å²) in [5, 5.41) is 31.9. The zero-order valence-electron chi connectivity index (χ0n) is 7.66. The number of hydrogen-bond acceptors (Lipinski definition) is 5. The molecule has 0 aromatic rings. The maximum atomic E-state index is 9.69. The molecule has 0 saturated carbocycles. The molecule has 7 heteroatoms. The van der Waals surface area contributed by atoms with E-state index < -0.39 is 17.6 Å². The van der Waals surface area contributed by atoms with E-state index in [9.17, 15) is 15.3 Å². The molecule has 0 aromatic carbocycles. The van der Waals surface area contributed by atoms with Crippen LogP contribution in [0.5, 0.6) is 0 Å². The standard InChI is InChI=1S/C8H9N3O4/c9-11-10-5-6(12)3-1-15-2-4(3)7(13)8(5)14/h3-4,12-14H,1-2H2/t3-,4+/m0/s1. The summed E-state index contributed by atoms with van der Waals surface area (Å²) in [6.45, 7) is 0.465. The van der Waals surface area contributed by atoms with Crippen molar-refractivity contribution in [3.8, 4) is 0 Å². The maximum absolute atomic E-state index is 9.69. The van der Waals surface area contributed by atoms with Crippen LogP contribution in [0.3, 0.4) is 0 Å². The Hall–Kier alpha value is -1.85. The summed E-state index contributed by atoms with van der Waals surface area (Å²) in [5.41, 5.74) is 7.93. The molecule has 2 atom stereocenters. The molecule has 7 nitrogen and oxygen atoms in total. The third-order valence-electron chi connectivity index (χ3n) is 2.64. The van der Waals surface area contributed by atoms with Crippen molar-refractivity contribution in [2.24, 2.45) is 17.0 Å². The van der Waals surface area contributed by atoms with Crippen LogP contribution in [0.25, 0.3) is 10.4 Å². The number of aliphatic hydroxyl groups is 3. The summed E-state index contributed by atoms with van der Waals surface area (Å²) in [4.78, 5) is 2.47. The van der Waals surface area contributed by atoms with Gasteiger partial charge in [-0.15, -0.1) is 0 Å². The molecule has 1 fully saturated rings. The maximum Gasteiger partial charge on any atom is 0.166 e. The van der Waals surface area contributed by atoms with Crippen LogP contribution < -0.4 is 0 Å². The monoisotopic (exact) mass is 211 g/mol. The third-order valence-corrected chi connectivity index (χ3v) is 2.64. The van der Waals surface area contributed by atoms with Gasteiger partial charge < -0.3 is 20.1 Å². The van der Waals surface area contributed by atoms with Gasteiger partial charge in [-0.25, -0.2) is 0 Å². The predicted octanol–water partition coefficient (Wildman–Crippen LogP) is 1.67. The van der Waals surface area contributed by atoms with Gasteiger partial charge in [-0.05, 0) is 5.53 Å². The zero-order valence-corrected chi connectivity index (χ0v) is 7.66. The fourth-order valence-corrected chi connectivity index (χ4v) is 1.83. The van der Waals surface area contributed by atoms with Crippen molar-refractivity contribution in [3.63, 3.8) is 0 Å². The van der Waals surface area contributed by atoms with Gasteiger partial charge in [-0.2, -0.15) is 0 Å². The molecule has 0 bridgehead atoms. The van der Waals surface area contributed by atoms with Gasteiger partial charge in [0.25, 0.3) is 0 Å². The first kappa shape index (κ1) is 9.70. The first-order chi connectivity index (χ1) is 7.16. The molecule has 0 amide bonds. The van der Waals surface area contributed by atoms with Gasteiger partial charge in [0.1, 0.15) is 17.2 Å². The van der Waals surface area contributed by atoms with Crippen molar-refractivity contribution in [2.45, 2.75) is 0 Å². The van der Waals surface area contributed by atoms with E-state index in [1.54, 1.807) is 0 Å². The van der Waals surface area contributed by atoms with Crippen molar-refractivity contribution >= 4 is 0 Å². The van der Waals surface area contributed by atoms with E-state index in [-0.39, 0.29) is 30.4 Å². The fourth-order valence-electron chi connectivity index (χ4n) is 1.83. The van der Waals surface area contributed by atoms with E-state index in [2.05, 4.69) is 10.0 Å². The summed E-state index contributed by atoms with van der Waals surface area (Å²) in [5.74, 6) is -2.00. The molecule has 80 valence electrons. The lowest BCUT2D eigenvalue weighted by Gasteiger charge is -2.23. The third kappa shape index (κ3) is 1.29. The number of ether oxygens (including phenoxy) is 1. The molecule has 1 aliphatic heterocycles. The molecule has 3 N–H and O–H groups in total. The minimum atomic E-state index is -0.572. The first-order valence-corrected chi connectivity index (χ1v) is 4.35. The Morgan fingerprint density at radius 3 is 2.40 bits per heavy atom. The smallest absolute Gasteiger partial charge is 0.166 e. The van der Waals surface area contributed by atoms with E-state index in [0.29, 0.717) is 0 Å².